The summed E-state index contributed by atoms with van der Waals surface area (Å²) < 4.78 is 0. The number of carbonyl (C=O) groups is 1. The summed E-state index contributed by atoms with van der Waals surface area (Å²) in [5, 5.41) is 5.92. The molecule has 23 heavy (non-hydrogen) atoms. The minimum absolute atomic E-state index is 0.126. The molecule has 2 aromatic rings. The lowest BCUT2D eigenvalue weighted by atomic mass is 10.2. The molecule has 0 aliphatic carbocycles. The molecule has 0 unspecified atom stereocenters. The Morgan fingerprint density at radius 1 is 1.35 bits per heavy atom. The Kier molecular flexibility index (Phi) is 6.52. The smallest absolute Gasteiger partial charge is 0.319 e. The van der Waals surface area contributed by atoms with Gasteiger partial charge in [0.1, 0.15) is 5.82 Å². The molecule has 124 valence electrons. The maximum atomic E-state index is 12.3. The first-order chi connectivity index (χ1) is 11.1. The normalized spacial score (nSPS) is 12.0. The molecule has 0 aliphatic rings. The van der Waals surface area contributed by atoms with Gasteiger partial charge in [0.05, 0.1) is 11.7 Å². The van der Waals surface area contributed by atoms with Crippen molar-refractivity contribution >= 4 is 23.5 Å². The van der Waals surface area contributed by atoms with E-state index >= 15 is 0 Å². The number of thioether (sulfide) groups is 1. The largest absolute Gasteiger partial charge is 0.344 e. The summed E-state index contributed by atoms with van der Waals surface area (Å²) in [4.78, 5) is 20.9. The van der Waals surface area contributed by atoms with Gasteiger partial charge in [-0.15, -0.1) is 11.8 Å². The summed E-state index contributed by atoms with van der Waals surface area (Å²) in [6.45, 7) is 6.12. The van der Waals surface area contributed by atoms with Crippen LogP contribution in [-0.2, 0) is 0 Å². The molecule has 0 saturated heterocycles. The molecule has 0 radical (unpaired) electrons. The van der Waals surface area contributed by atoms with Gasteiger partial charge < -0.3 is 15.6 Å². The van der Waals surface area contributed by atoms with E-state index < -0.39 is 0 Å². The van der Waals surface area contributed by atoms with Gasteiger partial charge in [0, 0.05) is 16.8 Å². The van der Waals surface area contributed by atoms with Crippen molar-refractivity contribution in [1.29, 1.82) is 0 Å². The standard InChI is InChI=1S/C17H24N4OS/c1-4-10-23-15-9-7-6-8-14(15)21-17(22)20-13(5-2)16-18-11-12(3)19-16/h6-9,11,13H,4-5,10H2,1-3H3,(H,18,19)(H2,20,21,22)/t13-/m0/s1. The molecular weight excluding hydrogens is 308 g/mol. The van der Waals surface area contributed by atoms with Crippen LogP contribution in [0.5, 0.6) is 0 Å². The number of benzene rings is 1. The SMILES string of the molecule is CCCSc1ccccc1NC(=O)N[C@@H](CC)c1ncc(C)[nH]1. The zero-order chi connectivity index (χ0) is 16.7. The molecule has 1 aromatic heterocycles. The van der Waals surface area contributed by atoms with Crippen molar-refractivity contribution in [2.45, 2.75) is 44.6 Å². The highest BCUT2D eigenvalue weighted by atomic mass is 32.2. The maximum Gasteiger partial charge on any atom is 0.319 e. The molecule has 1 aromatic carbocycles. The predicted octanol–water partition coefficient (Wildman–Crippen LogP) is 4.49. The lowest BCUT2D eigenvalue weighted by Crippen LogP contribution is -2.33. The second-order valence-corrected chi connectivity index (χ2v) is 6.49. The predicted molar refractivity (Wildman–Crippen MR) is 96.0 cm³/mol. The molecule has 1 atom stereocenters. The summed E-state index contributed by atoms with van der Waals surface area (Å²) in [5.74, 6) is 1.82. The third-order valence-electron chi connectivity index (χ3n) is 3.36. The summed E-state index contributed by atoms with van der Waals surface area (Å²) in [6.07, 6.45) is 3.64. The van der Waals surface area contributed by atoms with Crippen molar-refractivity contribution in [3.63, 3.8) is 0 Å². The van der Waals surface area contributed by atoms with Crippen LogP contribution in [0.2, 0.25) is 0 Å². The highest BCUT2D eigenvalue weighted by Crippen LogP contribution is 2.27. The average molecular weight is 332 g/mol. The van der Waals surface area contributed by atoms with Gasteiger partial charge in [-0.25, -0.2) is 9.78 Å². The molecule has 0 saturated carbocycles. The minimum atomic E-state index is -0.213. The molecule has 1 heterocycles. The number of carbonyl (C=O) groups excluding carboxylic acids is 1. The van der Waals surface area contributed by atoms with E-state index in [0.717, 1.165) is 40.7 Å². The number of H-pyrrole nitrogens is 1. The van der Waals surface area contributed by atoms with Crippen LogP contribution in [0, 0.1) is 6.92 Å². The van der Waals surface area contributed by atoms with Gasteiger partial charge in [0.25, 0.3) is 0 Å². The number of anilines is 1. The van der Waals surface area contributed by atoms with E-state index in [-0.39, 0.29) is 12.1 Å². The quantitative estimate of drug-likeness (QED) is 0.654. The fourth-order valence-corrected chi connectivity index (χ4v) is 3.07. The van der Waals surface area contributed by atoms with Crippen LogP contribution in [0.25, 0.3) is 0 Å². The molecule has 0 bridgehead atoms. The first-order valence-corrected chi connectivity index (χ1v) is 8.93. The van der Waals surface area contributed by atoms with Crippen LogP contribution in [0.3, 0.4) is 0 Å². The second-order valence-electron chi connectivity index (χ2n) is 5.36. The van der Waals surface area contributed by atoms with Crippen LogP contribution >= 0.6 is 11.8 Å². The summed E-state index contributed by atoms with van der Waals surface area (Å²) in [7, 11) is 0. The Balaban J connectivity index is 2.01. The lowest BCUT2D eigenvalue weighted by Gasteiger charge is -2.16. The third kappa shape index (κ3) is 5.03. The maximum absolute atomic E-state index is 12.3. The number of aryl methyl sites for hydroxylation is 1. The molecule has 2 rings (SSSR count). The van der Waals surface area contributed by atoms with Crippen molar-refractivity contribution < 1.29 is 4.79 Å². The average Bonchev–Trinajstić information content (AvgIpc) is 2.98. The number of urea groups is 1. The van der Waals surface area contributed by atoms with Crippen LogP contribution in [-0.4, -0.2) is 21.8 Å². The fraction of sp³-hybridized carbons (Fsp3) is 0.412. The van der Waals surface area contributed by atoms with Gasteiger partial charge in [-0.3, -0.25) is 0 Å². The zero-order valence-corrected chi connectivity index (χ0v) is 14.7. The number of amides is 2. The van der Waals surface area contributed by atoms with Gasteiger partial charge in [-0.2, -0.15) is 0 Å². The minimum Gasteiger partial charge on any atom is -0.344 e. The second kappa shape index (κ2) is 8.62. The van der Waals surface area contributed by atoms with Crippen LogP contribution < -0.4 is 10.6 Å². The van der Waals surface area contributed by atoms with Crippen molar-refractivity contribution in [3.8, 4) is 0 Å². The lowest BCUT2D eigenvalue weighted by molar-refractivity contribution is 0.247. The van der Waals surface area contributed by atoms with Gasteiger partial charge in [0.15, 0.2) is 0 Å². The van der Waals surface area contributed by atoms with Gasteiger partial charge in [-0.1, -0.05) is 26.0 Å². The van der Waals surface area contributed by atoms with Gasteiger partial charge >= 0.3 is 6.03 Å². The number of aromatic nitrogens is 2. The molecule has 2 amide bonds. The summed E-state index contributed by atoms with van der Waals surface area (Å²) in [5.41, 5.74) is 1.83. The topological polar surface area (TPSA) is 69.8 Å². The van der Waals surface area contributed by atoms with Gasteiger partial charge in [0.2, 0.25) is 0 Å². The van der Waals surface area contributed by atoms with Crippen molar-refractivity contribution in [3.05, 3.63) is 42.0 Å². The van der Waals surface area contributed by atoms with Crippen molar-refractivity contribution in [2.24, 2.45) is 0 Å². The monoisotopic (exact) mass is 332 g/mol. The molecule has 0 fully saturated rings. The number of aromatic amines is 1. The van der Waals surface area contributed by atoms with E-state index in [2.05, 4.69) is 27.5 Å². The molecule has 5 nitrogen and oxygen atoms in total. The van der Waals surface area contributed by atoms with E-state index in [1.54, 1.807) is 18.0 Å². The van der Waals surface area contributed by atoms with Crippen molar-refractivity contribution in [1.82, 2.24) is 15.3 Å². The molecular formula is C17H24N4OS. The van der Waals surface area contributed by atoms with Crippen LogP contribution in [0.1, 0.15) is 44.2 Å². The summed E-state index contributed by atoms with van der Waals surface area (Å²) >= 11 is 1.75. The Bertz CT molecular complexity index is 641. The Morgan fingerprint density at radius 2 is 2.13 bits per heavy atom. The molecule has 0 aliphatic heterocycles. The first kappa shape index (κ1) is 17.4. The van der Waals surface area contributed by atoms with E-state index in [1.807, 2.05) is 38.1 Å². The number of hydrogen-bond acceptors (Lipinski definition) is 3. The molecule has 0 spiro atoms. The number of imidazole rings is 1. The highest BCUT2D eigenvalue weighted by molar-refractivity contribution is 7.99. The number of hydrogen-bond donors (Lipinski definition) is 3. The van der Waals surface area contributed by atoms with Crippen LogP contribution in [0.15, 0.2) is 35.4 Å². The number of nitrogens with zero attached hydrogens (tertiary/aromatic N) is 1. The molecule has 3 N–H and O–H groups in total. The Morgan fingerprint density at radius 3 is 2.78 bits per heavy atom. The molecule has 6 heteroatoms. The number of para-hydroxylation sites is 1. The Labute approximate surface area is 141 Å². The van der Waals surface area contributed by atoms with Gasteiger partial charge in [-0.05, 0) is 37.7 Å². The summed E-state index contributed by atoms with van der Waals surface area (Å²) in [6, 6.07) is 7.54. The highest BCUT2D eigenvalue weighted by Gasteiger charge is 2.16. The Hall–Kier alpha value is -1.95. The van der Waals surface area contributed by atoms with E-state index in [4.69, 9.17) is 0 Å². The number of nitrogens with one attached hydrogen (secondary N) is 3. The van der Waals surface area contributed by atoms with Crippen molar-refractivity contribution in [2.75, 3.05) is 11.1 Å². The van der Waals surface area contributed by atoms with Crippen LogP contribution in [0.4, 0.5) is 10.5 Å². The zero-order valence-electron chi connectivity index (χ0n) is 13.8. The first-order valence-electron chi connectivity index (χ1n) is 7.94. The number of rotatable bonds is 7. The van der Waals surface area contributed by atoms with E-state index in [0.29, 0.717) is 0 Å². The van der Waals surface area contributed by atoms with E-state index in [1.165, 1.54) is 0 Å². The third-order valence-corrected chi connectivity index (χ3v) is 4.64. The van der Waals surface area contributed by atoms with E-state index in [9.17, 15) is 4.79 Å². The fourth-order valence-electron chi connectivity index (χ4n) is 2.20.